The lowest BCUT2D eigenvalue weighted by Gasteiger charge is -2.13. The number of carbonyl (C=O) groups is 1. The first kappa shape index (κ1) is 11.6. The van der Waals surface area contributed by atoms with Crippen molar-refractivity contribution in [3.05, 3.63) is 16.1 Å². The van der Waals surface area contributed by atoms with Gasteiger partial charge < -0.3 is 5.73 Å². The van der Waals surface area contributed by atoms with Gasteiger partial charge in [0.15, 0.2) is 10.8 Å². The fraction of sp³-hybridized carbons (Fsp3) is 0.556. The zero-order valence-electron chi connectivity index (χ0n) is 8.37. The lowest BCUT2D eigenvalue weighted by atomic mass is 9.91. The third-order valence-corrected chi connectivity index (χ3v) is 3.11. The second kappa shape index (κ2) is 3.96. The number of nitrogens with two attached hydrogens (primary N) is 1. The Kier molecular flexibility index (Phi) is 3.29. The van der Waals surface area contributed by atoms with Crippen molar-refractivity contribution < 1.29 is 4.79 Å². The molecule has 1 heterocycles. The van der Waals surface area contributed by atoms with Crippen molar-refractivity contribution >= 4 is 28.7 Å². The lowest BCUT2D eigenvalue weighted by Crippen LogP contribution is -2.19. The molecule has 0 aliphatic rings. The number of rotatable bonds is 2. The first-order chi connectivity index (χ1) is 6.32. The standard InChI is InChI=1S/C9H13ClN2OS/c1-9(2,3)6(13)8-12-4-5(14-8)7(10)11/h4,7H,11H2,1-3H3. The number of nitrogens with zero attached hydrogens (tertiary/aromatic N) is 1. The summed E-state index contributed by atoms with van der Waals surface area (Å²) in [6.45, 7) is 5.57. The molecule has 0 saturated heterocycles. The minimum Gasteiger partial charge on any atom is -0.311 e. The van der Waals surface area contributed by atoms with Crippen LogP contribution in [-0.2, 0) is 0 Å². The topological polar surface area (TPSA) is 56.0 Å². The number of hydrogen-bond donors (Lipinski definition) is 1. The second-order valence-corrected chi connectivity index (χ2v) is 5.58. The van der Waals surface area contributed by atoms with E-state index in [1.54, 1.807) is 6.20 Å². The van der Waals surface area contributed by atoms with Crippen LogP contribution in [0.25, 0.3) is 0 Å². The molecule has 0 aromatic carbocycles. The van der Waals surface area contributed by atoms with E-state index in [9.17, 15) is 4.79 Å². The molecule has 0 aliphatic carbocycles. The SMILES string of the molecule is CC(C)(C)C(=O)c1ncc(C(N)Cl)s1. The van der Waals surface area contributed by atoms with Crippen LogP contribution in [0, 0.1) is 5.41 Å². The van der Waals surface area contributed by atoms with E-state index in [1.165, 1.54) is 11.3 Å². The van der Waals surface area contributed by atoms with E-state index in [0.717, 1.165) is 4.88 Å². The van der Waals surface area contributed by atoms with Gasteiger partial charge in [-0.25, -0.2) is 4.98 Å². The first-order valence-electron chi connectivity index (χ1n) is 4.22. The van der Waals surface area contributed by atoms with Gasteiger partial charge in [-0.3, -0.25) is 4.79 Å². The van der Waals surface area contributed by atoms with Crippen LogP contribution in [0.2, 0.25) is 0 Å². The molecule has 2 N–H and O–H groups in total. The third-order valence-electron chi connectivity index (χ3n) is 1.67. The summed E-state index contributed by atoms with van der Waals surface area (Å²) >= 11 is 6.93. The van der Waals surface area contributed by atoms with E-state index in [1.807, 2.05) is 20.8 Å². The van der Waals surface area contributed by atoms with Crippen LogP contribution in [0.15, 0.2) is 6.20 Å². The number of alkyl halides is 1. The molecule has 78 valence electrons. The molecule has 0 bridgehead atoms. The van der Waals surface area contributed by atoms with E-state index in [-0.39, 0.29) is 5.78 Å². The van der Waals surface area contributed by atoms with Crippen molar-refractivity contribution in [2.75, 3.05) is 0 Å². The summed E-state index contributed by atoms with van der Waals surface area (Å²) < 4.78 is 0. The number of Topliss-reactive ketones (excluding diaryl/α,β-unsaturated/α-hetero) is 1. The third kappa shape index (κ3) is 2.53. The van der Waals surface area contributed by atoms with Gasteiger partial charge in [-0.15, -0.1) is 11.3 Å². The summed E-state index contributed by atoms with van der Waals surface area (Å²) in [6.07, 6.45) is 1.56. The van der Waals surface area contributed by atoms with Gasteiger partial charge >= 0.3 is 0 Å². The Morgan fingerprint density at radius 2 is 2.21 bits per heavy atom. The van der Waals surface area contributed by atoms with Gasteiger partial charge in [0, 0.05) is 11.6 Å². The van der Waals surface area contributed by atoms with Crippen molar-refractivity contribution in [1.82, 2.24) is 4.98 Å². The minimum absolute atomic E-state index is 0.0195. The maximum absolute atomic E-state index is 11.8. The zero-order chi connectivity index (χ0) is 10.9. The predicted octanol–water partition coefficient (Wildman–Crippen LogP) is 2.57. The van der Waals surface area contributed by atoms with Crippen LogP contribution in [0.4, 0.5) is 0 Å². The van der Waals surface area contributed by atoms with Crippen LogP contribution in [0.1, 0.15) is 41.0 Å². The molecule has 0 amide bonds. The van der Waals surface area contributed by atoms with Crippen molar-refractivity contribution in [2.24, 2.45) is 11.1 Å². The number of halogens is 1. The van der Waals surface area contributed by atoms with E-state index < -0.39 is 10.9 Å². The Labute approximate surface area is 92.3 Å². The molecule has 1 aromatic heterocycles. The van der Waals surface area contributed by atoms with Gasteiger partial charge in [-0.05, 0) is 0 Å². The molecule has 5 heteroatoms. The molecule has 0 radical (unpaired) electrons. The maximum Gasteiger partial charge on any atom is 0.196 e. The summed E-state index contributed by atoms with van der Waals surface area (Å²) in [5, 5.41) is 0.476. The molecule has 1 atom stereocenters. The summed E-state index contributed by atoms with van der Waals surface area (Å²) in [4.78, 5) is 16.5. The highest BCUT2D eigenvalue weighted by atomic mass is 35.5. The average Bonchev–Trinajstić information content (AvgIpc) is 2.48. The highest BCUT2D eigenvalue weighted by Gasteiger charge is 2.26. The van der Waals surface area contributed by atoms with Crippen LogP contribution in [-0.4, -0.2) is 10.8 Å². The van der Waals surface area contributed by atoms with Gasteiger partial charge in [0.2, 0.25) is 0 Å². The van der Waals surface area contributed by atoms with Crippen molar-refractivity contribution in [1.29, 1.82) is 0 Å². The summed E-state index contributed by atoms with van der Waals surface area (Å²) in [6, 6.07) is 0. The molecule has 3 nitrogen and oxygen atoms in total. The Balaban J connectivity index is 2.93. The van der Waals surface area contributed by atoms with E-state index >= 15 is 0 Å². The Morgan fingerprint density at radius 1 is 1.64 bits per heavy atom. The summed E-state index contributed by atoms with van der Waals surface area (Å²) in [5.74, 6) is 0.0195. The predicted molar refractivity (Wildman–Crippen MR) is 58.7 cm³/mol. The molecule has 0 aliphatic heterocycles. The van der Waals surface area contributed by atoms with Gasteiger partial charge in [0.1, 0.15) is 5.50 Å². The summed E-state index contributed by atoms with van der Waals surface area (Å²) in [7, 11) is 0. The quantitative estimate of drug-likeness (QED) is 0.484. The second-order valence-electron chi connectivity index (χ2n) is 4.05. The van der Waals surface area contributed by atoms with Crippen molar-refractivity contribution in [3.63, 3.8) is 0 Å². The Hall–Kier alpha value is -0.450. The fourth-order valence-electron chi connectivity index (χ4n) is 0.840. The smallest absolute Gasteiger partial charge is 0.196 e. The average molecular weight is 233 g/mol. The maximum atomic E-state index is 11.8. The van der Waals surface area contributed by atoms with Crippen molar-refractivity contribution in [3.8, 4) is 0 Å². The Bertz CT molecular complexity index is 341. The molecular weight excluding hydrogens is 220 g/mol. The first-order valence-corrected chi connectivity index (χ1v) is 5.48. The summed E-state index contributed by atoms with van der Waals surface area (Å²) in [5.41, 5.74) is 4.47. The molecule has 1 rings (SSSR count). The number of ketones is 1. The molecule has 0 saturated carbocycles. The molecule has 0 fully saturated rings. The van der Waals surface area contributed by atoms with Gasteiger partial charge in [-0.2, -0.15) is 0 Å². The highest BCUT2D eigenvalue weighted by Crippen LogP contribution is 2.27. The number of hydrogen-bond acceptors (Lipinski definition) is 4. The van der Waals surface area contributed by atoms with Gasteiger partial charge in [0.05, 0.1) is 4.88 Å². The van der Waals surface area contributed by atoms with Gasteiger partial charge in [0.25, 0.3) is 0 Å². The van der Waals surface area contributed by atoms with Gasteiger partial charge in [-0.1, -0.05) is 32.4 Å². The van der Waals surface area contributed by atoms with E-state index in [4.69, 9.17) is 17.3 Å². The minimum atomic E-state index is -0.575. The largest absolute Gasteiger partial charge is 0.311 e. The van der Waals surface area contributed by atoms with E-state index in [2.05, 4.69) is 4.98 Å². The fourth-order valence-corrected chi connectivity index (χ4v) is 1.98. The van der Waals surface area contributed by atoms with Crippen molar-refractivity contribution in [2.45, 2.75) is 26.3 Å². The molecule has 14 heavy (non-hydrogen) atoms. The van der Waals surface area contributed by atoms with Crippen LogP contribution in [0.3, 0.4) is 0 Å². The number of thiazole rings is 1. The van der Waals surface area contributed by atoms with E-state index in [0.29, 0.717) is 5.01 Å². The zero-order valence-corrected chi connectivity index (χ0v) is 9.95. The lowest BCUT2D eigenvalue weighted by molar-refractivity contribution is 0.0858. The molecule has 0 spiro atoms. The van der Waals surface area contributed by atoms with Crippen LogP contribution in [0.5, 0.6) is 0 Å². The van der Waals surface area contributed by atoms with Crippen LogP contribution >= 0.6 is 22.9 Å². The molecule has 1 unspecified atom stereocenters. The highest BCUT2D eigenvalue weighted by molar-refractivity contribution is 7.14. The Morgan fingerprint density at radius 3 is 2.57 bits per heavy atom. The van der Waals surface area contributed by atoms with Crippen LogP contribution < -0.4 is 5.73 Å². The number of aromatic nitrogens is 1. The number of carbonyl (C=O) groups excluding carboxylic acids is 1. The molecule has 1 aromatic rings. The molecular formula is C9H13ClN2OS. The monoisotopic (exact) mass is 232 g/mol. The normalized spacial score (nSPS) is 14.1.